The number of aliphatic hydroxyl groups excluding tert-OH is 1. The smallest absolute Gasteiger partial charge is 0.216 e. The average Bonchev–Trinajstić information content (AvgIpc) is 3.17. The molecule has 1 aliphatic heterocycles. The second kappa shape index (κ2) is 7.50. The van der Waals surface area contributed by atoms with Gasteiger partial charge in [-0.25, -0.2) is 15.0 Å². The van der Waals surface area contributed by atoms with Gasteiger partial charge in [-0.15, -0.1) is 0 Å². The quantitative estimate of drug-likeness (QED) is 0.538. The Morgan fingerprint density at radius 2 is 2.15 bits per heavy atom. The van der Waals surface area contributed by atoms with Crippen LogP contribution >= 0.6 is 0 Å². The fraction of sp³-hybridized carbons (Fsp3) is 0.600. The van der Waals surface area contributed by atoms with Gasteiger partial charge in [-0.1, -0.05) is 0 Å². The molecule has 142 valence electrons. The number of aliphatic hydroxyl groups is 1. The van der Waals surface area contributed by atoms with Crippen LogP contribution in [-0.2, 0) is 19.0 Å². The van der Waals surface area contributed by atoms with E-state index in [1.54, 1.807) is 4.57 Å². The van der Waals surface area contributed by atoms with Gasteiger partial charge in [0.15, 0.2) is 17.8 Å². The molecule has 4 N–H and O–H groups in total. The van der Waals surface area contributed by atoms with Crippen LogP contribution in [0, 0.1) is 0 Å². The van der Waals surface area contributed by atoms with Gasteiger partial charge in [0.05, 0.1) is 18.5 Å². The molecule has 1 saturated heterocycles. The lowest BCUT2D eigenvalue weighted by molar-refractivity contribution is -0.191. The summed E-state index contributed by atoms with van der Waals surface area (Å²) in [6, 6.07) is -0.584. The van der Waals surface area contributed by atoms with Gasteiger partial charge in [-0.05, 0) is 0 Å². The Labute approximate surface area is 149 Å². The number of nitrogens with one attached hydrogen (secondary N) is 1. The summed E-state index contributed by atoms with van der Waals surface area (Å²) in [4.78, 5) is 23.7. The predicted molar refractivity (Wildman–Crippen MR) is 89.9 cm³/mol. The minimum Gasteiger partial charge on any atom is -0.388 e. The van der Waals surface area contributed by atoms with E-state index in [1.807, 2.05) is 0 Å². The molecule has 0 aliphatic carbocycles. The minimum absolute atomic E-state index is 0.188. The van der Waals surface area contributed by atoms with E-state index in [1.165, 1.54) is 33.8 Å². The molecule has 26 heavy (non-hydrogen) atoms. The highest BCUT2D eigenvalue weighted by Gasteiger charge is 2.49. The van der Waals surface area contributed by atoms with Crippen molar-refractivity contribution in [3.63, 3.8) is 0 Å². The first kappa shape index (κ1) is 18.5. The van der Waals surface area contributed by atoms with Crippen molar-refractivity contribution in [2.24, 2.45) is 0 Å². The van der Waals surface area contributed by atoms with Crippen LogP contribution in [0.5, 0.6) is 0 Å². The third-order valence-electron chi connectivity index (χ3n) is 4.39. The molecular formula is C15H22N6O5. The van der Waals surface area contributed by atoms with E-state index in [0.717, 1.165) is 0 Å². The second-order valence-corrected chi connectivity index (χ2v) is 5.98. The summed E-state index contributed by atoms with van der Waals surface area (Å²) in [5, 5.41) is 13.6. The largest absolute Gasteiger partial charge is 0.388 e. The molecule has 1 fully saturated rings. The van der Waals surface area contributed by atoms with Crippen molar-refractivity contribution in [2.45, 2.75) is 37.6 Å². The summed E-state index contributed by atoms with van der Waals surface area (Å²) in [6.45, 7) is 1.60. The molecule has 0 unspecified atom stereocenters. The number of amides is 1. The van der Waals surface area contributed by atoms with Gasteiger partial charge >= 0.3 is 0 Å². The highest BCUT2D eigenvalue weighted by molar-refractivity contribution is 5.81. The maximum absolute atomic E-state index is 11.3. The molecule has 4 atom stereocenters. The fourth-order valence-electron chi connectivity index (χ4n) is 3.21. The molecule has 2 aromatic heterocycles. The van der Waals surface area contributed by atoms with Crippen molar-refractivity contribution in [3.05, 3.63) is 12.7 Å². The van der Waals surface area contributed by atoms with E-state index in [9.17, 15) is 9.90 Å². The van der Waals surface area contributed by atoms with Gasteiger partial charge in [0, 0.05) is 27.7 Å². The summed E-state index contributed by atoms with van der Waals surface area (Å²) >= 11 is 0. The molecule has 0 radical (unpaired) electrons. The fourth-order valence-corrected chi connectivity index (χ4v) is 3.21. The zero-order valence-electron chi connectivity index (χ0n) is 14.7. The predicted octanol–water partition coefficient (Wildman–Crippen LogP) is -1.17. The van der Waals surface area contributed by atoms with E-state index in [0.29, 0.717) is 11.2 Å². The molecule has 11 nitrogen and oxygen atoms in total. The standard InChI is InChI=1S/C15H22N6O5/c1-7(22)17-4-8-10(11(23)12(26-8)15(24-2)25-3)21-6-20-9-13(16)18-5-19-14(9)21/h5-6,8,10-12,15,23H,4H2,1-3H3,(H,17,22)(H2,16,18,19)/t8-,10-,11+,12+/m0/s1. The average molecular weight is 366 g/mol. The molecule has 11 heteroatoms. The summed E-state index contributed by atoms with van der Waals surface area (Å²) in [5.41, 5.74) is 6.73. The number of hydrogen-bond donors (Lipinski definition) is 3. The third kappa shape index (κ3) is 3.21. The highest BCUT2D eigenvalue weighted by Crippen LogP contribution is 2.35. The maximum Gasteiger partial charge on any atom is 0.216 e. The molecule has 3 heterocycles. The SMILES string of the molecule is COC(OC)[C@@H]1O[C@@H](CNC(C)=O)[C@H](n2cnc3c(N)ncnc32)[C@H]1O. The van der Waals surface area contributed by atoms with Crippen LogP contribution in [0.25, 0.3) is 11.2 Å². The number of rotatable bonds is 6. The van der Waals surface area contributed by atoms with Crippen LogP contribution in [0.3, 0.4) is 0 Å². The van der Waals surface area contributed by atoms with Crippen LogP contribution in [-0.4, -0.2) is 75.9 Å². The Hall–Kier alpha value is -2.34. The Morgan fingerprint density at radius 1 is 1.42 bits per heavy atom. The van der Waals surface area contributed by atoms with Crippen molar-refractivity contribution < 1.29 is 24.1 Å². The van der Waals surface area contributed by atoms with Crippen LogP contribution in [0.4, 0.5) is 5.82 Å². The number of nitrogen functional groups attached to an aromatic ring is 1. The van der Waals surface area contributed by atoms with Crippen LogP contribution in [0.15, 0.2) is 12.7 Å². The van der Waals surface area contributed by atoms with Crippen LogP contribution < -0.4 is 11.1 Å². The Morgan fingerprint density at radius 3 is 2.81 bits per heavy atom. The number of carbonyl (C=O) groups is 1. The van der Waals surface area contributed by atoms with E-state index in [4.69, 9.17) is 19.9 Å². The maximum atomic E-state index is 11.3. The van der Waals surface area contributed by atoms with Crippen molar-refractivity contribution in [1.29, 1.82) is 0 Å². The molecule has 0 bridgehead atoms. The number of nitrogens with zero attached hydrogens (tertiary/aromatic N) is 4. The van der Waals surface area contributed by atoms with Gasteiger partial charge in [-0.3, -0.25) is 4.79 Å². The molecule has 0 spiro atoms. The van der Waals surface area contributed by atoms with Gasteiger partial charge in [0.1, 0.15) is 24.1 Å². The van der Waals surface area contributed by atoms with Crippen LogP contribution in [0.2, 0.25) is 0 Å². The summed E-state index contributed by atoms with van der Waals surface area (Å²) in [6.07, 6.45) is -0.238. The van der Waals surface area contributed by atoms with Crippen LogP contribution in [0.1, 0.15) is 13.0 Å². The number of ether oxygens (including phenoxy) is 3. The molecule has 1 aliphatic rings. The van der Waals surface area contributed by atoms with E-state index < -0.39 is 30.6 Å². The number of nitrogens with two attached hydrogens (primary N) is 1. The first-order valence-corrected chi connectivity index (χ1v) is 8.04. The Bertz CT molecular complexity index is 779. The zero-order chi connectivity index (χ0) is 18.8. The molecule has 3 rings (SSSR count). The van der Waals surface area contributed by atoms with Gasteiger partial charge in [-0.2, -0.15) is 0 Å². The van der Waals surface area contributed by atoms with Crippen molar-refractivity contribution in [2.75, 3.05) is 26.5 Å². The van der Waals surface area contributed by atoms with E-state index in [2.05, 4.69) is 20.3 Å². The first-order chi connectivity index (χ1) is 12.5. The lowest BCUT2D eigenvalue weighted by atomic mass is 10.0. The topological polar surface area (TPSA) is 147 Å². The minimum atomic E-state index is -0.993. The van der Waals surface area contributed by atoms with E-state index >= 15 is 0 Å². The monoisotopic (exact) mass is 366 g/mol. The highest BCUT2D eigenvalue weighted by atomic mass is 16.7. The summed E-state index contributed by atoms with van der Waals surface area (Å²) in [7, 11) is 2.92. The molecular weight excluding hydrogens is 344 g/mol. The van der Waals surface area contributed by atoms with Crippen molar-refractivity contribution in [3.8, 4) is 0 Å². The van der Waals surface area contributed by atoms with Crippen molar-refractivity contribution in [1.82, 2.24) is 24.8 Å². The lowest BCUT2D eigenvalue weighted by Crippen LogP contribution is -2.39. The lowest BCUT2D eigenvalue weighted by Gasteiger charge is -2.24. The number of aromatic nitrogens is 4. The van der Waals surface area contributed by atoms with Gasteiger partial charge in [0.2, 0.25) is 5.91 Å². The molecule has 0 aromatic carbocycles. The summed E-state index contributed by atoms with van der Waals surface area (Å²) < 4.78 is 18.1. The third-order valence-corrected chi connectivity index (χ3v) is 4.39. The van der Waals surface area contributed by atoms with Gasteiger partial charge in [0.25, 0.3) is 0 Å². The first-order valence-electron chi connectivity index (χ1n) is 8.04. The second-order valence-electron chi connectivity index (χ2n) is 5.98. The zero-order valence-corrected chi connectivity index (χ0v) is 14.7. The number of fused-ring (bicyclic) bond motifs is 1. The Balaban J connectivity index is 1.99. The van der Waals surface area contributed by atoms with Gasteiger partial charge < -0.3 is 34.9 Å². The number of anilines is 1. The molecule has 1 amide bonds. The Kier molecular flexibility index (Phi) is 5.32. The van der Waals surface area contributed by atoms with E-state index in [-0.39, 0.29) is 18.3 Å². The van der Waals surface area contributed by atoms with Crippen molar-refractivity contribution >= 4 is 22.9 Å². The number of imidazole rings is 1. The number of hydrogen-bond acceptors (Lipinski definition) is 9. The summed E-state index contributed by atoms with van der Waals surface area (Å²) in [5.74, 6) is 0.0335. The number of carbonyl (C=O) groups excluding carboxylic acids is 1. The molecule has 0 saturated carbocycles. The normalized spacial score (nSPS) is 25.9. The molecule has 2 aromatic rings. The number of methoxy groups -OCH3 is 2.